The number of rotatable bonds is 8. The van der Waals surface area contributed by atoms with Gasteiger partial charge < -0.3 is 24.0 Å². The van der Waals surface area contributed by atoms with Crippen molar-refractivity contribution in [3.8, 4) is 11.5 Å². The largest absolute Gasteiger partial charge is 0.493 e. The Morgan fingerprint density at radius 1 is 1.15 bits per heavy atom. The number of likely N-dealkylation sites (tertiary alicyclic amines) is 1. The van der Waals surface area contributed by atoms with Crippen molar-refractivity contribution in [3.05, 3.63) is 18.2 Å². The van der Waals surface area contributed by atoms with Crippen molar-refractivity contribution in [2.75, 3.05) is 52.5 Å². The van der Waals surface area contributed by atoms with Gasteiger partial charge in [0, 0.05) is 44.5 Å². The lowest BCUT2D eigenvalue weighted by molar-refractivity contribution is -0.122. The summed E-state index contributed by atoms with van der Waals surface area (Å²) in [7, 11) is 4.76. The third-order valence-corrected chi connectivity index (χ3v) is 4.73. The van der Waals surface area contributed by atoms with Gasteiger partial charge in [-0.3, -0.25) is 4.79 Å². The third kappa shape index (κ3) is 5.11. The fraction of sp³-hybridized carbons (Fsp3) is 0.650. The maximum absolute atomic E-state index is 12.8. The standard InChI is InChI=1S/C20H32N2O4/c1-15(2)13-21-10-8-16(9-11-21)22(20(23)14-24-3)17-6-7-18(25-4)19(12-17)26-5/h6-7,12,15-16H,8-11,13-14H2,1-5H3. The quantitative estimate of drug-likeness (QED) is 0.710. The minimum absolute atomic E-state index is 0.0259. The normalized spacial score (nSPS) is 15.9. The van der Waals surface area contributed by atoms with Crippen LogP contribution in [0.3, 0.4) is 0 Å². The van der Waals surface area contributed by atoms with Gasteiger partial charge in [0.15, 0.2) is 11.5 Å². The number of hydrogen-bond acceptors (Lipinski definition) is 5. The van der Waals surface area contributed by atoms with Crippen LogP contribution in [0.4, 0.5) is 5.69 Å². The summed E-state index contributed by atoms with van der Waals surface area (Å²) in [5.74, 6) is 1.91. The van der Waals surface area contributed by atoms with Gasteiger partial charge in [0.2, 0.25) is 0 Å². The lowest BCUT2D eigenvalue weighted by Crippen LogP contribution is -2.49. The number of methoxy groups -OCH3 is 3. The molecule has 1 saturated heterocycles. The molecule has 0 N–H and O–H groups in total. The van der Waals surface area contributed by atoms with Crippen LogP contribution in [0, 0.1) is 5.92 Å². The van der Waals surface area contributed by atoms with Gasteiger partial charge in [-0.05, 0) is 30.9 Å². The second-order valence-corrected chi connectivity index (χ2v) is 7.16. The van der Waals surface area contributed by atoms with Gasteiger partial charge in [-0.25, -0.2) is 0 Å². The predicted octanol–water partition coefficient (Wildman–Crippen LogP) is 2.80. The van der Waals surface area contributed by atoms with Crippen molar-refractivity contribution in [1.82, 2.24) is 4.90 Å². The maximum atomic E-state index is 12.8. The molecule has 0 radical (unpaired) electrons. The van der Waals surface area contributed by atoms with Crippen LogP contribution in [-0.2, 0) is 9.53 Å². The van der Waals surface area contributed by atoms with Gasteiger partial charge >= 0.3 is 0 Å². The Balaban J connectivity index is 2.21. The number of carbonyl (C=O) groups is 1. The Morgan fingerprint density at radius 2 is 1.81 bits per heavy atom. The number of hydrogen-bond donors (Lipinski definition) is 0. The topological polar surface area (TPSA) is 51.2 Å². The summed E-state index contributed by atoms with van der Waals surface area (Å²) in [4.78, 5) is 17.1. The van der Waals surface area contributed by atoms with Gasteiger partial charge in [0.1, 0.15) is 6.61 Å². The Kier molecular flexibility index (Phi) is 7.72. The molecule has 0 saturated carbocycles. The summed E-state index contributed by atoms with van der Waals surface area (Å²) >= 11 is 0. The molecule has 1 aliphatic heterocycles. The molecule has 0 atom stereocenters. The van der Waals surface area contributed by atoms with E-state index in [-0.39, 0.29) is 18.6 Å². The van der Waals surface area contributed by atoms with Crippen LogP contribution in [0.2, 0.25) is 0 Å². The van der Waals surface area contributed by atoms with E-state index in [1.807, 2.05) is 23.1 Å². The third-order valence-electron chi connectivity index (χ3n) is 4.73. The first-order valence-corrected chi connectivity index (χ1v) is 9.25. The summed E-state index contributed by atoms with van der Waals surface area (Å²) in [5, 5.41) is 0. The highest BCUT2D eigenvalue weighted by Crippen LogP contribution is 2.33. The zero-order valence-corrected chi connectivity index (χ0v) is 16.7. The minimum atomic E-state index is -0.0259. The maximum Gasteiger partial charge on any atom is 0.253 e. The van der Waals surface area contributed by atoms with Gasteiger partial charge in [0.25, 0.3) is 5.91 Å². The molecular weight excluding hydrogens is 332 g/mol. The molecular formula is C20H32N2O4. The number of ether oxygens (including phenoxy) is 3. The molecule has 1 aromatic rings. The van der Waals surface area contributed by atoms with E-state index in [0.717, 1.165) is 38.2 Å². The van der Waals surface area contributed by atoms with Crippen molar-refractivity contribution in [3.63, 3.8) is 0 Å². The van der Waals surface area contributed by atoms with Crippen LogP contribution in [0.5, 0.6) is 11.5 Å². The highest BCUT2D eigenvalue weighted by molar-refractivity contribution is 5.95. The second-order valence-electron chi connectivity index (χ2n) is 7.16. The van der Waals surface area contributed by atoms with E-state index in [4.69, 9.17) is 14.2 Å². The van der Waals surface area contributed by atoms with Gasteiger partial charge in [-0.15, -0.1) is 0 Å². The highest BCUT2D eigenvalue weighted by Gasteiger charge is 2.29. The van der Waals surface area contributed by atoms with Gasteiger partial charge in [-0.1, -0.05) is 13.8 Å². The van der Waals surface area contributed by atoms with E-state index in [1.54, 1.807) is 21.3 Å². The highest BCUT2D eigenvalue weighted by atomic mass is 16.5. The number of nitrogens with zero attached hydrogens (tertiary/aromatic N) is 2. The monoisotopic (exact) mass is 364 g/mol. The van der Waals surface area contributed by atoms with Crippen LogP contribution < -0.4 is 14.4 Å². The van der Waals surface area contributed by atoms with Crippen LogP contribution in [-0.4, -0.2) is 64.4 Å². The molecule has 6 heteroatoms. The minimum Gasteiger partial charge on any atom is -0.493 e. The SMILES string of the molecule is COCC(=O)N(c1ccc(OC)c(OC)c1)C1CCN(CC(C)C)CC1. The molecule has 0 aliphatic carbocycles. The van der Waals surface area contributed by atoms with Crippen molar-refractivity contribution in [2.24, 2.45) is 5.92 Å². The Morgan fingerprint density at radius 3 is 2.35 bits per heavy atom. The van der Waals surface area contributed by atoms with Gasteiger partial charge in [0.05, 0.1) is 14.2 Å². The van der Waals surface area contributed by atoms with E-state index >= 15 is 0 Å². The smallest absolute Gasteiger partial charge is 0.253 e. The first-order valence-electron chi connectivity index (χ1n) is 9.25. The Bertz CT molecular complexity index is 583. The van der Waals surface area contributed by atoms with E-state index in [2.05, 4.69) is 18.7 Å². The molecule has 0 unspecified atom stereocenters. The summed E-state index contributed by atoms with van der Waals surface area (Å²) in [5.41, 5.74) is 0.826. The molecule has 6 nitrogen and oxygen atoms in total. The molecule has 1 fully saturated rings. The zero-order valence-electron chi connectivity index (χ0n) is 16.7. The number of carbonyl (C=O) groups excluding carboxylic acids is 1. The van der Waals surface area contributed by atoms with E-state index in [0.29, 0.717) is 17.4 Å². The lowest BCUT2D eigenvalue weighted by atomic mass is 10.0. The zero-order chi connectivity index (χ0) is 19.1. The summed E-state index contributed by atoms with van der Waals surface area (Å²) in [6.45, 7) is 7.67. The molecule has 26 heavy (non-hydrogen) atoms. The van der Waals surface area contributed by atoms with Crippen LogP contribution in [0.25, 0.3) is 0 Å². The molecule has 2 rings (SSSR count). The summed E-state index contributed by atoms with van der Waals surface area (Å²) in [6.07, 6.45) is 1.91. The molecule has 1 amide bonds. The molecule has 1 aromatic carbocycles. The van der Waals surface area contributed by atoms with E-state index in [9.17, 15) is 4.79 Å². The fourth-order valence-electron chi connectivity index (χ4n) is 3.60. The first-order chi connectivity index (χ1) is 12.5. The molecule has 1 aliphatic rings. The molecule has 0 aromatic heterocycles. The molecule has 1 heterocycles. The van der Waals surface area contributed by atoms with Crippen molar-refractivity contribution in [1.29, 1.82) is 0 Å². The summed E-state index contributed by atoms with van der Waals surface area (Å²) < 4.78 is 15.8. The first kappa shape index (κ1) is 20.5. The lowest BCUT2D eigenvalue weighted by Gasteiger charge is -2.39. The van der Waals surface area contributed by atoms with Crippen molar-refractivity contribution in [2.45, 2.75) is 32.7 Å². The fourth-order valence-corrected chi connectivity index (χ4v) is 3.60. The number of benzene rings is 1. The summed E-state index contributed by atoms with van der Waals surface area (Å²) in [6, 6.07) is 5.79. The van der Waals surface area contributed by atoms with Crippen molar-refractivity contribution >= 4 is 11.6 Å². The number of anilines is 1. The average Bonchev–Trinajstić information content (AvgIpc) is 2.63. The molecule has 146 valence electrons. The van der Waals surface area contributed by atoms with Gasteiger partial charge in [-0.2, -0.15) is 0 Å². The Labute approximate surface area is 157 Å². The van der Waals surface area contributed by atoms with Crippen LogP contribution in [0.1, 0.15) is 26.7 Å². The van der Waals surface area contributed by atoms with Crippen LogP contribution >= 0.6 is 0 Å². The predicted molar refractivity (Wildman–Crippen MR) is 103 cm³/mol. The van der Waals surface area contributed by atoms with E-state index < -0.39 is 0 Å². The average molecular weight is 364 g/mol. The van der Waals surface area contributed by atoms with E-state index in [1.165, 1.54) is 0 Å². The number of amides is 1. The second kappa shape index (κ2) is 9.78. The Hall–Kier alpha value is -1.79. The molecule has 0 bridgehead atoms. The van der Waals surface area contributed by atoms with Crippen molar-refractivity contribution < 1.29 is 19.0 Å². The van der Waals surface area contributed by atoms with Crippen LogP contribution in [0.15, 0.2) is 18.2 Å². The number of piperidine rings is 1. The molecule has 0 spiro atoms.